The first kappa shape index (κ1) is 11.4. The maximum absolute atomic E-state index is 10.7. The molecule has 82 valence electrons. The summed E-state index contributed by atoms with van der Waals surface area (Å²) in [6.07, 6.45) is 0.885. The molecule has 0 aliphatic heterocycles. The Balaban J connectivity index is 2.39. The number of nitrogens with zero attached hydrogens (tertiary/aromatic N) is 2. The zero-order valence-corrected chi connectivity index (χ0v) is 8.56. The van der Waals surface area contributed by atoms with Crippen molar-refractivity contribution in [2.24, 2.45) is 5.73 Å². The van der Waals surface area contributed by atoms with Gasteiger partial charge in [-0.25, -0.2) is 0 Å². The van der Waals surface area contributed by atoms with Gasteiger partial charge in [-0.15, -0.1) is 10.2 Å². The number of nitrogens with two attached hydrogens (primary N) is 1. The highest BCUT2D eigenvalue weighted by Crippen LogP contribution is 2.01. The van der Waals surface area contributed by atoms with Crippen LogP contribution in [0, 0.1) is 0 Å². The summed E-state index contributed by atoms with van der Waals surface area (Å²) < 4.78 is 4.89. The van der Waals surface area contributed by atoms with Gasteiger partial charge in [0.05, 0.1) is 0 Å². The summed E-state index contributed by atoms with van der Waals surface area (Å²) in [5, 5.41) is 10.5. The van der Waals surface area contributed by atoms with Gasteiger partial charge in [0.25, 0.3) is 5.91 Å². The SMILES string of the molecule is COCCCNc1ccc(C(N)=O)nn1. The maximum Gasteiger partial charge on any atom is 0.269 e. The van der Waals surface area contributed by atoms with Crippen LogP contribution >= 0.6 is 0 Å². The Morgan fingerprint density at radius 1 is 1.53 bits per heavy atom. The molecule has 0 fully saturated rings. The summed E-state index contributed by atoms with van der Waals surface area (Å²) in [6, 6.07) is 3.20. The molecule has 1 heterocycles. The second-order valence-corrected chi connectivity index (χ2v) is 2.94. The van der Waals surface area contributed by atoms with E-state index < -0.39 is 5.91 Å². The van der Waals surface area contributed by atoms with Gasteiger partial charge in [0.15, 0.2) is 5.69 Å². The first-order valence-electron chi connectivity index (χ1n) is 4.60. The number of anilines is 1. The van der Waals surface area contributed by atoms with E-state index in [1.807, 2.05) is 0 Å². The average molecular weight is 210 g/mol. The fourth-order valence-electron chi connectivity index (χ4n) is 0.991. The molecule has 0 aromatic carbocycles. The molecule has 6 nitrogen and oxygen atoms in total. The van der Waals surface area contributed by atoms with Gasteiger partial charge in [-0.1, -0.05) is 0 Å². The Hall–Kier alpha value is -1.69. The second-order valence-electron chi connectivity index (χ2n) is 2.94. The van der Waals surface area contributed by atoms with E-state index >= 15 is 0 Å². The smallest absolute Gasteiger partial charge is 0.269 e. The highest BCUT2D eigenvalue weighted by Gasteiger charge is 2.01. The summed E-state index contributed by atoms with van der Waals surface area (Å²) >= 11 is 0. The Morgan fingerprint density at radius 2 is 2.33 bits per heavy atom. The highest BCUT2D eigenvalue weighted by molar-refractivity contribution is 5.90. The van der Waals surface area contributed by atoms with E-state index in [2.05, 4.69) is 15.5 Å². The number of carbonyl (C=O) groups excluding carboxylic acids is 1. The highest BCUT2D eigenvalue weighted by atomic mass is 16.5. The summed E-state index contributed by atoms with van der Waals surface area (Å²) in [4.78, 5) is 10.7. The number of primary amides is 1. The predicted octanol–water partition coefficient (Wildman–Crippen LogP) is 0.0239. The monoisotopic (exact) mass is 210 g/mol. The van der Waals surface area contributed by atoms with Gasteiger partial charge in [0.2, 0.25) is 0 Å². The van der Waals surface area contributed by atoms with E-state index in [0.29, 0.717) is 12.4 Å². The maximum atomic E-state index is 10.7. The van der Waals surface area contributed by atoms with Gasteiger partial charge in [0.1, 0.15) is 5.82 Å². The molecule has 0 saturated heterocycles. The molecule has 1 aromatic heterocycles. The lowest BCUT2D eigenvalue weighted by atomic mass is 10.3. The van der Waals surface area contributed by atoms with E-state index in [4.69, 9.17) is 10.5 Å². The van der Waals surface area contributed by atoms with E-state index in [-0.39, 0.29) is 5.69 Å². The lowest BCUT2D eigenvalue weighted by Gasteiger charge is -2.03. The molecule has 0 bridgehead atoms. The van der Waals surface area contributed by atoms with E-state index in [1.54, 1.807) is 13.2 Å². The first-order chi connectivity index (χ1) is 7.24. The number of rotatable bonds is 6. The minimum Gasteiger partial charge on any atom is -0.385 e. The Bertz CT molecular complexity index is 312. The molecular weight excluding hydrogens is 196 g/mol. The molecule has 0 unspecified atom stereocenters. The Labute approximate surface area is 87.8 Å². The van der Waals surface area contributed by atoms with Crippen LogP contribution in [0.3, 0.4) is 0 Å². The van der Waals surface area contributed by atoms with Gasteiger partial charge in [-0.3, -0.25) is 4.79 Å². The second kappa shape index (κ2) is 5.92. The Morgan fingerprint density at radius 3 is 2.87 bits per heavy atom. The molecule has 15 heavy (non-hydrogen) atoms. The third-order valence-electron chi connectivity index (χ3n) is 1.75. The zero-order valence-electron chi connectivity index (χ0n) is 8.56. The topological polar surface area (TPSA) is 90.1 Å². The average Bonchev–Trinajstić information content (AvgIpc) is 2.25. The van der Waals surface area contributed by atoms with Crippen LogP contribution < -0.4 is 11.1 Å². The van der Waals surface area contributed by atoms with Crippen molar-refractivity contribution in [3.05, 3.63) is 17.8 Å². The zero-order chi connectivity index (χ0) is 11.1. The molecule has 0 aliphatic carbocycles. The number of hydrogen-bond acceptors (Lipinski definition) is 5. The summed E-state index contributed by atoms with van der Waals surface area (Å²) in [5.74, 6) is 0.0459. The van der Waals surface area contributed by atoms with Crippen LogP contribution in [0.4, 0.5) is 5.82 Å². The van der Waals surface area contributed by atoms with Crippen molar-refractivity contribution in [3.63, 3.8) is 0 Å². The van der Waals surface area contributed by atoms with Gasteiger partial charge in [0, 0.05) is 20.3 Å². The Kier molecular flexibility index (Phi) is 4.49. The van der Waals surface area contributed by atoms with Gasteiger partial charge in [-0.2, -0.15) is 0 Å². The van der Waals surface area contributed by atoms with Crippen molar-refractivity contribution in [2.75, 3.05) is 25.6 Å². The molecule has 0 saturated carbocycles. The summed E-state index contributed by atoms with van der Waals surface area (Å²) in [6.45, 7) is 1.44. The molecule has 0 aliphatic rings. The van der Waals surface area contributed by atoms with Crippen molar-refractivity contribution < 1.29 is 9.53 Å². The number of carbonyl (C=O) groups is 1. The quantitative estimate of drug-likeness (QED) is 0.646. The van der Waals surface area contributed by atoms with Crippen LogP contribution in [-0.4, -0.2) is 36.4 Å². The molecule has 1 rings (SSSR count). The predicted molar refractivity (Wildman–Crippen MR) is 55.5 cm³/mol. The van der Waals surface area contributed by atoms with Crippen LogP contribution in [0.25, 0.3) is 0 Å². The molecule has 1 aromatic rings. The van der Waals surface area contributed by atoms with Crippen LogP contribution in [0.5, 0.6) is 0 Å². The normalized spacial score (nSPS) is 9.93. The van der Waals surface area contributed by atoms with Crippen LogP contribution in [-0.2, 0) is 4.74 Å². The van der Waals surface area contributed by atoms with Gasteiger partial charge in [-0.05, 0) is 18.6 Å². The number of amides is 1. The first-order valence-corrected chi connectivity index (χ1v) is 4.60. The molecule has 6 heteroatoms. The number of ether oxygens (including phenoxy) is 1. The summed E-state index contributed by atoms with van der Waals surface area (Å²) in [7, 11) is 1.65. The lowest BCUT2D eigenvalue weighted by Crippen LogP contribution is -2.14. The third-order valence-corrected chi connectivity index (χ3v) is 1.75. The van der Waals surface area contributed by atoms with Crippen molar-refractivity contribution in [1.29, 1.82) is 0 Å². The fraction of sp³-hybridized carbons (Fsp3) is 0.444. The largest absolute Gasteiger partial charge is 0.385 e. The minimum absolute atomic E-state index is 0.164. The molecule has 1 amide bonds. The van der Waals surface area contributed by atoms with Crippen molar-refractivity contribution >= 4 is 11.7 Å². The number of nitrogens with one attached hydrogen (secondary N) is 1. The van der Waals surface area contributed by atoms with E-state index in [9.17, 15) is 4.79 Å². The van der Waals surface area contributed by atoms with Crippen molar-refractivity contribution in [2.45, 2.75) is 6.42 Å². The molecule has 0 spiro atoms. The minimum atomic E-state index is -0.576. The van der Waals surface area contributed by atoms with Gasteiger partial charge < -0.3 is 15.8 Å². The standard InChI is InChI=1S/C9H14N4O2/c1-15-6-2-5-11-8-4-3-7(9(10)14)12-13-8/h3-4H,2,5-6H2,1H3,(H2,10,14)(H,11,13). The third kappa shape index (κ3) is 3.90. The summed E-state index contributed by atoms with van der Waals surface area (Å²) in [5.41, 5.74) is 5.19. The number of hydrogen-bond donors (Lipinski definition) is 2. The van der Waals surface area contributed by atoms with Gasteiger partial charge >= 0.3 is 0 Å². The number of methoxy groups -OCH3 is 1. The molecule has 3 N–H and O–H groups in total. The van der Waals surface area contributed by atoms with Crippen LogP contribution in [0.2, 0.25) is 0 Å². The number of aromatic nitrogens is 2. The van der Waals surface area contributed by atoms with E-state index in [1.165, 1.54) is 6.07 Å². The molecule has 0 radical (unpaired) electrons. The van der Waals surface area contributed by atoms with Crippen LogP contribution in [0.15, 0.2) is 12.1 Å². The molecule has 0 atom stereocenters. The lowest BCUT2D eigenvalue weighted by molar-refractivity contribution is 0.0994. The van der Waals surface area contributed by atoms with Crippen molar-refractivity contribution in [1.82, 2.24) is 10.2 Å². The fourth-order valence-corrected chi connectivity index (χ4v) is 0.991. The van der Waals surface area contributed by atoms with Crippen LogP contribution in [0.1, 0.15) is 16.9 Å². The molecular formula is C9H14N4O2. The van der Waals surface area contributed by atoms with E-state index in [0.717, 1.165) is 13.0 Å². The van der Waals surface area contributed by atoms with Crippen molar-refractivity contribution in [3.8, 4) is 0 Å².